The van der Waals surface area contributed by atoms with E-state index in [2.05, 4.69) is 10.0 Å². The standard InChI is InChI=1S/C20H23F2N3O2/c21-15-7-14(8-16(22)9-15)17-1-2-23-25(17)18(26)20-10-19(11-20,12-20)13-24-3-5-27-6-4-24/h2,7-9,17H,1,3-6,10-13H2. The number of benzene rings is 1. The Labute approximate surface area is 157 Å². The molecule has 1 aromatic carbocycles. The number of carbonyl (C=O) groups is 1. The lowest BCUT2D eigenvalue weighted by Crippen LogP contribution is -2.70. The summed E-state index contributed by atoms with van der Waals surface area (Å²) >= 11 is 0. The monoisotopic (exact) mass is 375 g/mol. The highest BCUT2D eigenvalue weighted by atomic mass is 19.1. The molecule has 1 atom stereocenters. The molecule has 5 nitrogen and oxygen atoms in total. The third-order valence-electron chi connectivity index (χ3n) is 6.56. The molecule has 0 aromatic heterocycles. The molecule has 3 aliphatic carbocycles. The Kier molecular flexibility index (Phi) is 3.88. The maximum atomic E-state index is 13.6. The Morgan fingerprint density at radius 1 is 1.15 bits per heavy atom. The van der Waals surface area contributed by atoms with E-state index in [1.165, 1.54) is 17.1 Å². The molecule has 5 aliphatic rings. The van der Waals surface area contributed by atoms with Gasteiger partial charge >= 0.3 is 0 Å². The van der Waals surface area contributed by atoms with Crippen LogP contribution in [0.5, 0.6) is 0 Å². The topological polar surface area (TPSA) is 45.1 Å². The summed E-state index contributed by atoms with van der Waals surface area (Å²) in [6.45, 7) is 4.54. The van der Waals surface area contributed by atoms with E-state index >= 15 is 0 Å². The van der Waals surface area contributed by atoms with Gasteiger partial charge in [-0.05, 0) is 42.4 Å². The highest BCUT2D eigenvalue weighted by Crippen LogP contribution is 2.74. The van der Waals surface area contributed by atoms with Crippen LogP contribution in [-0.4, -0.2) is 54.9 Å². The van der Waals surface area contributed by atoms with E-state index in [4.69, 9.17) is 4.74 Å². The molecule has 0 N–H and O–H groups in total. The fourth-order valence-corrected chi connectivity index (χ4v) is 5.52. The van der Waals surface area contributed by atoms with Gasteiger partial charge in [-0.15, -0.1) is 0 Å². The Balaban J connectivity index is 1.26. The van der Waals surface area contributed by atoms with E-state index in [-0.39, 0.29) is 16.7 Å². The number of halogens is 2. The van der Waals surface area contributed by atoms with E-state index < -0.39 is 17.7 Å². The van der Waals surface area contributed by atoms with Gasteiger partial charge < -0.3 is 4.74 Å². The summed E-state index contributed by atoms with van der Waals surface area (Å²) in [7, 11) is 0. The second kappa shape index (κ2) is 6.07. The number of ether oxygens (including phenoxy) is 1. The second-order valence-corrected chi connectivity index (χ2v) is 8.60. The van der Waals surface area contributed by atoms with Crippen LogP contribution >= 0.6 is 0 Å². The number of morpholine rings is 1. The van der Waals surface area contributed by atoms with Crippen molar-refractivity contribution in [3.05, 3.63) is 35.4 Å². The van der Waals surface area contributed by atoms with Crippen LogP contribution in [0.3, 0.4) is 0 Å². The number of amides is 1. The molecule has 1 amide bonds. The van der Waals surface area contributed by atoms with Crippen LogP contribution in [0, 0.1) is 22.5 Å². The lowest BCUT2D eigenvalue weighted by Gasteiger charge is -2.70. The molecule has 2 heterocycles. The quantitative estimate of drug-likeness (QED) is 0.813. The summed E-state index contributed by atoms with van der Waals surface area (Å²) in [5, 5.41) is 5.72. The molecule has 144 valence electrons. The first kappa shape index (κ1) is 17.3. The predicted molar refractivity (Wildman–Crippen MR) is 95.0 cm³/mol. The van der Waals surface area contributed by atoms with Gasteiger partial charge in [-0.2, -0.15) is 5.10 Å². The molecule has 3 saturated carbocycles. The lowest BCUT2D eigenvalue weighted by molar-refractivity contribution is -0.225. The smallest absolute Gasteiger partial charge is 0.249 e. The summed E-state index contributed by atoms with van der Waals surface area (Å²) in [5.74, 6) is -1.24. The summed E-state index contributed by atoms with van der Waals surface area (Å²) in [4.78, 5) is 15.6. The number of rotatable bonds is 4. The fourth-order valence-electron chi connectivity index (χ4n) is 5.52. The highest BCUT2D eigenvalue weighted by molar-refractivity contribution is 5.88. The van der Waals surface area contributed by atoms with Gasteiger partial charge in [0.15, 0.2) is 0 Å². The average Bonchev–Trinajstić information content (AvgIpc) is 3.06. The van der Waals surface area contributed by atoms with Crippen LogP contribution in [-0.2, 0) is 9.53 Å². The lowest BCUT2D eigenvalue weighted by atomic mass is 9.34. The number of carbonyl (C=O) groups excluding carboxylic acids is 1. The van der Waals surface area contributed by atoms with Gasteiger partial charge in [0.25, 0.3) is 0 Å². The fraction of sp³-hybridized carbons (Fsp3) is 0.600. The minimum absolute atomic E-state index is 0.00905. The first-order chi connectivity index (χ1) is 13.0. The van der Waals surface area contributed by atoms with Gasteiger partial charge in [-0.3, -0.25) is 9.69 Å². The van der Waals surface area contributed by atoms with Crippen molar-refractivity contribution in [2.24, 2.45) is 15.9 Å². The molecule has 2 aliphatic heterocycles. The van der Waals surface area contributed by atoms with Gasteiger partial charge in [-0.1, -0.05) is 0 Å². The molecule has 2 bridgehead atoms. The summed E-state index contributed by atoms with van der Waals surface area (Å²) in [5.41, 5.74) is 0.405. The Morgan fingerprint density at radius 3 is 2.48 bits per heavy atom. The van der Waals surface area contributed by atoms with Crippen molar-refractivity contribution >= 4 is 12.1 Å². The largest absolute Gasteiger partial charge is 0.379 e. The molecule has 1 aromatic rings. The molecule has 1 saturated heterocycles. The van der Waals surface area contributed by atoms with Crippen LogP contribution in [0.1, 0.15) is 37.3 Å². The molecule has 0 spiro atoms. The Hall–Kier alpha value is -1.86. The van der Waals surface area contributed by atoms with Gasteiger partial charge in [0, 0.05) is 38.3 Å². The van der Waals surface area contributed by atoms with Crippen molar-refractivity contribution in [3.63, 3.8) is 0 Å². The number of hydrogen-bond donors (Lipinski definition) is 0. The van der Waals surface area contributed by atoms with E-state index in [0.717, 1.165) is 58.2 Å². The first-order valence-electron chi connectivity index (χ1n) is 9.61. The van der Waals surface area contributed by atoms with Gasteiger partial charge in [0.05, 0.1) is 24.7 Å². The number of hydrazone groups is 1. The zero-order chi connectivity index (χ0) is 18.6. The maximum absolute atomic E-state index is 13.6. The SMILES string of the molecule is O=C(N1N=CCC1c1cc(F)cc(F)c1)C12CC(CN3CCOCC3)(C1)C2. The predicted octanol–water partition coefficient (Wildman–Crippen LogP) is 2.73. The van der Waals surface area contributed by atoms with E-state index in [0.29, 0.717) is 12.0 Å². The third-order valence-corrected chi connectivity index (χ3v) is 6.56. The molecule has 4 fully saturated rings. The van der Waals surface area contributed by atoms with Crippen molar-refractivity contribution in [3.8, 4) is 0 Å². The average molecular weight is 375 g/mol. The molecule has 0 radical (unpaired) electrons. The molecule has 27 heavy (non-hydrogen) atoms. The first-order valence-corrected chi connectivity index (χ1v) is 9.61. The molecular weight excluding hydrogens is 352 g/mol. The molecular formula is C20H23F2N3O2. The van der Waals surface area contributed by atoms with Gasteiger partial charge in [0.1, 0.15) is 11.6 Å². The van der Waals surface area contributed by atoms with Crippen LogP contribution in [0.25, 0.3) is 0 Å². The Morgan fingerprint density at radius 2 is 1.81 bits per heavy atom. The molecule has 6 rings (SSSR count). The molecule has 7 heteroatoms. The van der Waals surface area contributed by atoms with Crippen LogP contribution < -0.4 is 0 Å². The zero-order valence-corrected chi connectivity index (χ0v) is 15.2. The highest BCUT2D eigenvalue weighted by Gasteiger charge is 2.72. The van der Waals surface area contributed by atoms with Crippen molar-refractivity contribution < 1.29 is 18.3 Å². The second-order valence-electron chi connectivity index (χ2n) is 8.60. The van der Waals surface area contributed by atoms with E-state index in [1.807, 2.05) is 0 Å². The zero-order valence-electron chi connectivity index (χ0n) is 15.2. The van der Waals surface area contributed by atoms with Crippen molar-refractivity contribution in [1.29, 1.82) is 0 Å². The molecule has 1 unspecified atom stereocenters. The van der Waals surface area contributed by atoms with E-state index in [1.54, 1.807) is 6.21 Å². The van der Waals surface area contributed by atoms with Gasteiger partial charge in [0.2, 0.25) is 5.91 Å². The summed E-state index contributed by atoms with van der Waals surface area (Å²) < 4.78 is 32.6. The summed E-state index contributed by atoms with van der Waals surface area (Å²) in [6, 6.07) is 3.03. The normalized spacial score (nSPS) is 35.0. The number of hydrogen-bond acceptors (Lipinski definition) is 4. The minimum Gasteiger partial charge on any atom is -0.379 e. The van der Waals surface area contributed by atoms with Crippen molar-refractivity contribution in [1.82, 2.24) is 9.91 Å². The van der Waals surface area contributed by atoms with Crippen molar-refractivity contribution in [2.45, 2.75) is 31.7 Å². The minimum atomic E-state index is -0.626. The van der Waals surface area contributed by atoms with Gasteiger partial charge in [-0.25, -0.2) is 13.8 Å². The van der Waals surface area contributed by atoms with Crippen LogP contribution in [0.15, 0.2) is 23.3 Å². The van der Waals surface area contributed by atoms with Crippen LogP contribution in [0.4, 0.5) is 8.78 Å². The number of nitrogens with zero attached hydrogens (tertiary/aromatic N) is 3. The third kappa shape index (κ3) is 2.79. The Bertz CT molecular complexity index is 766. The van der Waals surface area contributed by atoms with Crippen LogP contribution in [0.2, 0.25) is 0 Å². The maximum Gasteiger partial charge on any atom is 0.249 e. The van der Waals surface area contributed by atoms with E-state index in [9.17, 15) is 13.6 Å². The van der Waals surface area contributed by atoms with Crippen molar-refractivity contribution in [2.75, 3.05) is 32.8 Å². The summed E-state index contributed by atoms with van der Waals surface area (Å²) in [6.07, 6.45) is 4.84.